The Labute approximate surface area is 164 Å². The standard InChI is InChI=1S/C18H14ClNO4S2/c1-2-13(17(22)23)20-16(21)15(26-18(20)25)9-12-6-7-14(24-12)10-4-3-5-11(19)8-10/h3-9,13H,2H2,1H3,(H,22,23)/t13-/m0/s1. The quantitative estimate of drug-likeness (QED) is 0.574. The maximum Gasteiger partial charge on any atom is 0.326 e. The first kappa shape index (κ1) is 18.7. The van der Waals surface area contributed by atoms with Crippen LogP contribution >= 0.6 is 35.6 Å². The largest absolute Gasteiger partial charge is 0.480 e. The van der Waals surface area contributed by atoms with E-state index in [-0.39, 0.29) is 10.7 Å². The minimum absolute atomic E-state index is 0.233. The van der Waals surface area contributed by atoms with Crippen LogP contribution in [0.4, 0.5) is 0 Å². The van der Waals surface area contributed by atoms with Gasteiger partial charge in [-0.25, -0.2) is 4.79 Å². The molecule has 1 atom stereocenters. The van der Waals surface area contributed by atoms with Gasteiger partial charge in [-0.15, -0.1) is 0 Å². The number of carboxylic acids is 1. The van der Waals surface area contributed by atoms with E-state index in [1.807, 2.05) is 12.1 Å². The Bertz CT molecular complexity index is 921. The number of carbonyl (C=O) groups is 2. The van der Waals surface area contributed by atoms with Crippen LogP contribution in [0.25, 0.3) is 17.4 Å². The predicted molar refractivity (Wildman–Crippen MR) is 106 cm³/mol. The minimum atomic E-state index is -1.08. The summed E-state index contributed by atoms with van der Waals surface area (Å²) in [6, 6.07) is 9.79. The molecular formula is C18H14ClNO4S2. The molecule has 0 saturated carbocycles. The summed E-state index contributed by atoms with van der Waals surface area (Å²) in [5, 5.41) is 9.88. The van der Waals surface area contributed by atoms with Crippen molar-refractivity contribution in [2.45, 2.75) is 19.4 Å². The van der Waals surface area contributed by atoms with E-state index in [0.717, 1.165) is 22.2 Å². The van der Waals surface area contributed by atoms with E-state index in [4.69, 9.17) is 28.2 Å². The predicted octanol–water partition coefficient (Wildman–Crippen LogP) is 4.66. The number of thiocarbonyl (C=S) groups is 1. The van der Waals surface area contributed by atoms with Crippen molar-refractivity contribution in [1.29, 1.82) is 0 Å². The van der Waals surface area contributed by atoms with Crippen molar-refractivity contribution in [2.24, 2.45) is 0 Å². The summed E-state index contributed by atoms with van der Waals surface area (Å²) in [7, 11) is 0. The fourth-order valence-electron chi connectivity index (χ4n) is 2.57. The van der Waals surface area contributed by atoms with Crippen LogP contribution in [-0.2, 0) is 9.59 Å². The summed E-state index contributed by atoms with van der Waals surface area (Å²) in [6.07, 6.45) is 1.84. The van der Waals surface area contributed by atoms with Crippen LogP contribution in [0.2, 0.25) is 5.02 Å². The topological polar surface area (TPSA) is 70.8 Å². The van der Waals surface area contributed by atoms with Gasteiger partial charge in [-0.1, -0.05) is 54.6 Å². The second-order valence-corrected chi connectivity index (χ2v) is 7.64. The van der Waals surface area contributed by atoms with Crippen LogP contribution < -0.4 is 0 Å². The summed E-state index contributed by atoms with van der Waals surface area (Å²) in [4.78, 5) is 25.4. The first-order valence-electron chi connectivity index (χ1n) is 7.76. The molecule has 2 aromatic rings. The third kappa shape index (κ3) is 3.70. The number of furan rings is 1. The molecule has 0 radical (unpaired) electrons. The van der Waals surface area contributed by atoms with Crippen molar-refractivity contribution in [1.82, 2.24) is 4.90 Å². The molecule has 134 valence electrons. The van der Waals surface area contributed by atoms with Crippen molar-refractivity contribution in [2.75, 3.05) is 0 Å². The molecule has 1 aliphatic rings. The average Bonchev–Trinajstić information content (AvgIpc) is 3.16. The van der Waals surface area contributed by atoms with Gasteiger partial charge < -0.3 is 9.52 Å². The molecule has 1 N–H and O–H groups in total. The minimum Gasteiger partial charge on any atom is -0.480 e. The molecule has 1 aromatic carbocycles. The maximum absolute atomic E-state index is 12.6. The molecule has 1 saturated heterocycles. The highest BCUT2D eigenvalue weighted by Gasteiger charge is 2.39. The lowest BCUT2D eigenvalue weighted by molar-refractivity contribution is -0.145. The molecule has 0 aliphatic carbocycles. The van der Waals surface area contributed by atoms with Crippen LogP contribution in [0.1, 0.15) is 19.1 Å². The van der Waals surface area contributed by atoms with E-state index in [1.54, 1.807) is 37.3 Å². The molecule has 1 aromatic heterocycles. The zero-order valence-electron chi connectivity index (χ0n) is 13.6. The van der Waals surface area contributed by atoms with Gasteiger partial charge in [0.25, 0.3) is 5.91 Å². The van der Waals surface area contributed by atoms with Crippen LogP contribution in [0.15, 0.2) is 45.7 Å². The Hall–Kier alpha value is -2.09. The third-order valence-corrected chi connectivity index (χ3v) is 5.38. The number of aliphatic carboxylic acids is 1. The molecule has 8 heteroatoms. The summed E-state index contributed by atoms with van der Waals surface area (Å²) in [5.74, 6) is -0.406. The fraction of sp³-hybridized carbons (Fsp3) is 0.167. The second kappa shape index (κ2) is 7.65. The lowest BCUT2D eigenvalue weighted by Gasteiger charge is -2.21. The highest BCUT2D eigenvalue weighted by atomic mass is 35.5. The number of thioether (sulfide) groups is 1. The molecule has 0 bridgehead atoms. The van der Waals surface area contributed by atoms with Crippen molar-refractivity contribution in [3.8, 4) is 11.3 Å². The lowest BCUT2D eigenvalue weighted by atomic mass is 10.2. The molecule has 1 amide bonds. The number of hydrogen-bond acceptors (Lipinski definition) is 5. The van der Waals surface area contributed by atoms with Gasteiger partial charge >= 0.3 is 5.97 Å². The van der Waals surface area contributed by atoms with Crippen LogP contribution in [0, 0.1) is 0 Å². The average molecular weight is 408 g/mol. The molecule has 1 fully saturated rings. The zero-order valence-corrected chi connectivity index (χ0v) is 16.0. The summed E-state index contributed by atoms with van der Waals surface area (Å²) in [5.41, 5.74) is 0.821. The van der Waals surface area contributed by atoms with Gasteiger partial charge in [0.1, 0.15) is 21.9 Å². The van der Waals surface area contributed by atoms with Gasteiger partial charge in [-0.05, 0) is 30.7 Å². The Morgan fingerprint density at radius 3 is 2.85 bits per heavy atom. The van der Waals surface area contributed by atoms with E-state index in [1.165, 1.54) is 0 Å². The van der Waals surface area contributed by atoms with Crippen LogP contribution in [0.3, 0.4) is 0 Å². The number of carboxylic acid groups (broad SMARTS) is 1. The number of nitrogens with zero attached hydrogens (tertiary/aromatic N) is 1. The number of hydrogen-bond donors (Lipinski definition) is 1. The fourth-order valence-corrected chi connectivity index (χ4v) is 4.10. The van der Waals surface area contributed by atoms with Crippen LogP contribution in [0.5, 0.6) is 0 Å². The number of rotatable bonds is 5. The van der Waals surface area contributed by atoms with Gasteiger partial charge in [0, 0.05) is 16.7 Å². The molecule has 26 heavy (non-hydrogen) atoms. The van der Waals surface area contributed by atoms with E-state index >= 15 is 0 Å². The zero-order chi connectivity index (χ0) is 18.8. The number of benzene rings is 1. The lowest BCUT2D eigenvalue weighted by Crippen LogP contribution is -2.43. The van der Waals surface area contributed by atoms with Gasteiger partial charge in [-0.2, -0.15) is 0 Å². The van der Waals surface area contributed by atoms with Gasteiger partial charge in [0.2, 0.25) is 0 Å². The Balaban J connectivity index is 1.86. The van der Waals surface area contributed by atoms with Crippen molar-refractivity contribution >= 4 is 57.9 Å². The van der Waals surface area contributed by atoms with E-state index < -0.39 is 17.9 Å². The number of carbonyl (C=O) groups excluding carboxylic acids is 1. The number of halogens is 1. The number of amides is 1. The van der Waals surface area contributed by atoms with Gasteiger partial charge in [-0.3, -0.25) is 9.69 Å². The molecule has 0 unspecified atom stereocenters. The molecular weight excluding hydrogens is 394 g/mol. The van der Waals surface area contributed by atoms with Crippen molar-refractivity contribution in [3.05, 3.63) is 52.1 Å². The van der Waals surface area contributed by atoms with Crippen molar-refractivity contribution in [3.63, 3.8) is 0 Å². The van der Waals surface area contributed by atoms with Crippen LogP contribution in [-0.4, -0.2) is 32.2 Å². The van der Waals surface area contributed by atoms with E-state index in [9.17, 15) is 14.7 Å². The Morgan fingerprint density at radius 2 is 2.19 bits per heavy atom. The van der Waals surface area contributed by atoms with Gasteiger partial charge in [0.05, 0.1) is 4.91 Å². The molecule has 5 nitrogen and oxygen atoms in total. The van der Waals surface area contributed by atoms with Crippen molar-refractivity contribution < 1.29 is 19.1 Å². The summed E-state index contributed by atoms with van der Waals surface area (Å²) in [6.45, 7) is 1.70. The normalized spacial score (nSPS) is 17.2. The monoisotopic (exact) mass is 407 g/mol. The Kier molecular flexibility index (Phi) is 5.50. The highest BCUT2D eigenvalue weighted by molar-refractivity contribution is 8.26. The second-order valence-electron chi connectivity index (χ2n) is 5.53. The molecule has 3 rings (SSSR count). The highest BCUT2D eigenvalue weighted by Crippen LogP contribution is 2.35. The molecule has 1 aliphatic heterocycles. The van der Waals surface area contributed by atoms with E-state index in [2.05, 4.69) is 0 Å². The molecule has 2 heterocycles. The Morgan fingerprint density at radius 1 is 1.42 bits per heavy atom. The summed E-state index contributed by atoms with van der Waals surface area (Å²) < 4.78 is 5.99. The molecule has 0 spiro atoms. The first-order chi connectivity index (χ1) is 12.4. The maximum atomic E-state index is 12.6. The third-order valence-electron chi connectivity index (χ3n) is 3.82. The SMILES string of the molecule is CC[C@@H](C(=O)O)N1C(=O)C(=Cc2ccc(-c3cccc(Cl)c3)o2)SC1=S. The van der Waals surface area contributed by atoms with E-state index in [0.29, 0.717) is 21.4 Å². The summed E-state index contributed by atoms with van der Waals surface area (Å²) >= 11 is 12.2. The van der Waals surface area contributed by atoms with Gasteiger partial charge in [0.15, 0.2) is 0 Å². The smallest absolute Gasteiger partial charge is 0.326 e. The first-order valence-corrected chi connectivity index (χ1v) is 9.36.